The van der Waals surface area contributed by atoms with Crippen molar-refractivity contribution in [2.24, 2.45) is 0 Å². The van der Waals surface area contributed by atoms with Gasteiger partial charge in [-0.15, -0.1) is 23.2 Å². The second-order valence-electron chi connectivity index (χ2n) is 1.98. The molecule has 0 aromatic rings. The zero-order valence-electron chi connectivity index (χ0n) is 5.08. The van der Waals surface area contributed by atoms with Crippen molar-refractivity contribution in [1.82, 2.24) is 0 Å². The van der Waals surface area contributed by atoms with Gasteiger partial charge in [0.05, 0.1) is 4.87 Å². The second kappa shape index (κ2) is 3.86. The Morgan fingerprint density at radius 3 is 2.25 bits per heavy atom. The highest BCUT2D eigenvalue weighted by Crippen LogP contribution is 2.20. The fraction of sp³-hybridized carbons (Fsp3) is 1.00. The lowest BCUT2D eigenvalue weighted by Crippen LogP contribution is -2.21. The van der Waals surface area contributed by atoms with E-state index in [1.54, 1.807) is 11.8 Å². The lowest BCUT2D eigenvalue weighted by molar-refractivity contribution is 0.810. The van der Waals surface area contributed by atoms with Gasteiger partial charge in [0.1, 0.15) is 0 Å². The van der Waals surface area contributed by atoms with E-state index in [0.29, 0.717) is 5.88 Å². The highest BCUT2D eigenvalue weighted by Gasteiger charge is 2.17. The molecule has 0 radical (unpaired) electrons. The lowest BCUT2D eigenvalue weighted by atomic mass is 10.2. The van der Waals surface area contributed by atoms with Gasteiger partial charge in [-0.3, -0.25) is 0 Å². The third-order valence-electron chi connectivity index (χ3n) is 0.724. The number of hydrogen-bond donors (Lipinski definition) is 0. The SMILES string of the molecule is CSCC(C)(Cl)CCl. The Labute approximate surface area is 64.9 Å². The summed E-state index contributed by atoms with van der Waals surface area (Å²) in [6.07, 6.45) is 2.02. The third-order valence-corrected chi connectivity index (χ3v) is 2.80. The molecular weight excluding hydrogens is 163 g/mol. The van der Waals surface area contributed by atoms with Gasteiger partial charge in [0.15, 0.2) is 0 Å². The molecule has 0 fully saturated rings. The molecule has 3 heteroatoms. The molecule has 0 rings (SSSR count). The summed E-state index contributed by atoms with van der Waals surface area (Å²) in [5.74, 6) is 1.44. The quantitative estimate of drug-likeness (QED) is 0.591. The summed E-state index contributed by atoms with van der Waals surface area (Å²) in [5, 5.41) is 0. The summed E-state index contributed by atoms with van der Waals surface area (Å²) in [7, 11) is 0. The Morgan fingerprint density at radius 2 is 2.12 bits per heavy atom. The van der Waals surface area contributed by atoms with Crippen LogP contribution in [0.1, 0.15) is 6.92 Å². The van der Waals surface area contributed by atoms with Crippen molar-refractivity contribution in [2.45, 2.75) is 11.8 Å². The zero-order valence-corrected chi connectivity index (χ0v) is 7.41. The largest absolute Gasteiger partial charge is 0.164 e. The molecule has 0 nitrogen and oxygen atoms in total. The minimum atomic E-state index is -0.207. The Hall–Kier alpha value is 0.930. The van der Waals surface area contributed by atoms with Crippen LogP contribution in [0.4, 0.5) is 0 Å². The monoisotopic (exact) mass is 172 g/mol. The summed E-state index contributed by atoms with van der Waals surface area (Å²) in [6, 6.07) is 0. The first-order chi connectivity index (χ1) is 3.62. The van der Waals surface area contributed by atoms with Crippen molar-refractivity contribution in [3.8, 4) is 0 Å². The molecule has 50 valence electrons. The molecule has 0 aliphatic rings. The van der Waals surface area contributed by atoms with Crippen LogP contribution in [-0.4, -0.2) is 22.8 Å². The Morgan fingerprint density at radius 1 is 1.62 bits per heavy atom. The van der Waals surface area contributed by atoms with Crippen LogP contribution in [0.2, 0.25) is 0 Å². The van der Waals surface area contributed by atoms with Gasteiger partial charge in [-0.05, 0) is 13.2 Å². The molecule has 0 amide bonds. The number of alkyl halides is 2. The number of rotatable bonds is 3. The molecule has 0 bridgehead atoms. The molecule has 0 saturated carbocycles. The van der Waals surface area contributed by atoms with E-state index >= 15 is 0 Å². The number of halogens is 2. The molecule has 0 aliphatic carbocycles. The van der Waals surface area contributed by atoms with Crippen LogP contribution in [-0.2, 0) is 0 Å². The van der Waals surface area contributed by atoms with Crippen LogP contribution in [0.5, 0.6) is 0 Å². The first kappa shape index (κ1) is 8.93. The van der Waals surface area contributed by atoms with Gasteiger partial charge in [0, 0.05) is 11.6 Å². The minimum Gasteiger partial charge on any atom is -0.164 e. The average Bonchev–Trinajstić information content (AvgIpc) is 1.67. The van der Waals surface area contributed by atoms with Crippen LogP contribution in [0.25, 0.3) is 0 Å². The highest BCUT2D eigenvalue weighted by atomic mass is 35.5. The maximum Gasteiger partial charge on any atom is 0.0643 e. The molecule has 0 saturated heterocycles. The maximum atomic E-state index is 5.87. The van der Waals surface area contributed by atoms with E-state index in [0.717, 1.165) is 5.75 Å². The molecule has 1 unspecified atom stereocenters. The van der Waals surface area contributed by atoms with Crippen molar-refractivity contribution in [3.63, 3.8) is 0 Å². The molecule has 0 aromatic heterocycles. The highest BCUT2D eigenvalue weighted by molar-refractivity contribution is 7.98. The van der Waals surface area contributed by atoms with E-state index in [-0.39, 0.29) is 4.87 Å². The topological polar surface area (TPSA) is 0 Å². The summed E-state index contributed by atoms with van der Waals surface area (Å²) in [6.45, 7) is 1.94. The maximum absolute atomic E-state index is 5.87. The van der Waals surface area contributed by atoms with Gasteiger partial charge >= 0.3 is 0 Å². The van der Waals surface area contributed by atoms with E-state index in [1.807, 2.05) is 13.2 Å². The first-order valence-corrected chi connectivity index (χ1v) is 4.67. The second-order valence-corrected chi connectivity index (χ2v) is 4.03. The third kappa shape index (κ3) is 3.88. The van der Waals surface area contributed by atoms with E-state index in [1.165, 1.54) is 0 Å². The summed E-state index contributed by atoms with van der Waals surface area (Å²) in [5.41, 5.74) is 0. The molecule has 0 heterocycles. The number of hydrogen-bond acceptors (Lipinski definition) is 1. The van der Waals surface area contributed by atoms with Gasteiger partial charge < -0.3 is 0 Å². The van der Waals surface area contributed by atoms with Crippen molar-refractivity contribution >= 4 is 35.0 Å². The Kier molecular flexibility index (Phi) is 4.31. The van der Waals surface area contributed by atoms with E-state index in [9.17, 15) is 0 Å². The molecule has 0 aromatic carbocycles. The van der Waals surface area contributed by atoms with Gasteiger partial charge in [0.2, 0.25) is 0 Å². The van der Waals surface area contributed by atoms with Gasteiger partial charge in [-0.2, -0.15) is 11.8 Å². The molecular formula is C5H10Cl2S. The van der Waals surface area contributed by atoms with Crippen LogP contribution in [0.3, 0.4) is 0 Å². The standard InChI is InChI=1S/C5H10Cl2S/c1-5(7,3-6)4-8-2/h3-4H2,1-2H3. The number of thioether (sulfide) groups is 1. The predicted octanol–water partition coefficient (Wildman–Crippen LogP) is 2.59. The Balaban J connectivity index is 3.37. The molecule has 8 heavy (non-hydrogen) atoms. The van der Waals surface area contributed by atoms with Crippen LogP contribution < -0.4 is 0 Å². The van der Waals surface area contributed by atoms with Crippen LogP contribution >= 0.6 is 35.0 Å². The minimum absolute atomic E-state index is 0.207. The summed E-state index contributed by atoms with van der Waals surface area (Å²) in [4.78, 5) is -0.207. The van der Waals surface area contributed by atoms with Gasteiger partial charge in [-0.1, -0.05) is 0 Å². The summed E-state index contributed by atoms with van der Waals surface area (Å²) >= 11 is 13.1. The smallest absolute Gasteiger partial charge is 0.0643 e. The van der Waals surface area contributed by atoms with Crippen molar-refractivity contribution in [3.05, 3.63) is 0 Å². The zero-order chi connectivity index (χ0) is 6.62. The van der Waals surface area contributed by atoms with E-state index < -0.39 is 0 Å². The van der Waals surface area contributed by atoms with Crippen LogP contribution in [0.15, 0.2) is 0 Å². The predicted molar refractivity (Wildman–Crippen MR) is 43.4 cm³/mol. The molecule has 0 spiro atoms. The van der Waals surface area contributed by atoms with Gasteiger partial charge in [-0.25, -0.2) is 0 Å². The molecule has 1 atom stereocenters. The summed E-state index contributed by atoms with van der Waals surface area (Å²) < 4.78 is 0. The molecule has 0 aliphatic heterocycles. The normalized spacial score (nSPS) is 18.0. The van der Waals surface area contributed by atoms with Crippen molar-refractivity contribution < 1.29 is 0 Å². The average molecular weight is 173 g/mol. The van der Waals surface area contributed by atoms with Gasteiger partial charge in [0.25, 0.3) is 0 Å². The van der Waals surface area contributed by atoms with Crippen LogP contribution in [0, 0.1) is 0 Å². The molecule has 0 N–H and O–H groups in total. The van der Waals surface area contributed by atoms with E-state index in [2.05, 4.69) is 0 Å². The fourth-order valence-electron chi connectivity index (χ4n) is 0.340. The van der Waals surface area contributed by atoms with E-state index in [4.69, 9.17) is 23.2 Å². The lowest BCUT2D eigenvalue weighted by Gasteiger charge is -2.15. The fourth-order valence-corrected chi connectivity index (χ4v) is 1.58. The van der Waals surface area contributed by atoms with Crippen molar-refractivity contribution in [1.29, 1.82) is 0 Å². The first-order valence-electron chi connectivity index (χ1n) is 2.36. The van der Waals surface area contributed by atoms with Crippen molar-refractivity contribution in [2.75, 3.05) is 17.9 Å². The Bertz CT molecular complexity index is 63.4.